The van der Waals surface area contributed by atoms with Gasteiger partial charge in [0, 0.05) is 18.7 Å². The van der Waals surface area contributed by atoms with Gasteiger partial charge in [-0.2, -0.15) is 11.8 Å². The van der Waals surface area contributed by atoms with Gasteiger partial charge in [0.2, 0.25) is 5.91 Å². The highest BCUT2D eigenvalue weighted by molar-refractivity contribution is 7.98. The molecule has 1 aliphatic rings. The molecule has 6 heteroatoms. The summed E-state index contributed by atoms with van der Waals surface area (Å²) in [5, 5.41) is 2.91. The summed E-state index contributed by atoms with van der Waals surface area (Å²) < 4.78 is 5.69. The third kappa shape index (κ3) is 5.24. The molecule has 0 unspecified atom stereocenters. The van der Waals surface area contributed by atoms with Crippen molar-refractivity contribution in [3.05, 3.63) is 35.9 Å². The van der Waals surface area contributed by atoms with E-state index in [1.807, 2.05) is 43.2 Å². The second-order valence-corrected chi connectivity index (χ2v) is 7.16. The first-order chi connectivity index (χ1) is 11.5. The van der Waals surface area contributed by atoms with Crippen molar-refractivity contribution in [2.45, 2.75) is 38.5 Å². The molecule has 0 aliphatic carbocycles. The minimum atomic E-state index is -0.498. The van der Waals surface area contributed by atoms with E-state index in [4.69, 9.17) is 4.74 Å². The summed E-state index contributed by atoms with van der Waals surface area (Å²) in [6.45, 7) is 5.07. The number of amides is 2. The van der Waals surface area contributed by atoms with Gasteiger partial charge in [-0.05, 0) is 44.4 Å². The van der Waals surface area contributed by atoms with Gasteiger partial charge in [0.05, 0.1) is 12.2 Å². The molecule has 1 saturated heterocycles. The van der Waals surface area contributed by atoms with Crippen LogP contribution < -0.4 is 5.32 Å². The summed E-state index contributed by atoms with van der Waals surface area (Å²) in [5.74, 6) is 0.598. The normalized spacial score (nSPS) is 22.0. The Bertz CT molecular complexity index is 542. The van der Waals surface area contributed by atoms with Gasteiger partial charge in [-0.3, -0.25) is 9.59 Å². The first-order valence-electron chi connectivity index (χ1n) is 8.30. The van der Waals surface area contributed by atoms with Crippen molar-refractivity contribution in [1.82, 2.24) is 10.2 Å². The van der Waals surface area contributed by atoms with E-state index in [9.17, 15) is 9.59 Å². The number of carbonyl (C=O) groups is 2. The molecule has 1 aromatic rings. The van der Waals surface area contributed by atoms with Crippen molar-refractivity contribution in [3.63, 3.8) is 0 Å². The maximum absolute atomic E-state index is 12.9. The predicted molar refractivity (Wildman–Crippen MR) is 97.3 cm³/mol. The summed E-state index contributed by atoms with van der Waals surface area (Å²) in [5.41, 5.74) is 0.572. The molecule has 1 heterocycles. The van der Waals surface area contributed by atoms with Crippen LogP contribution >= 0.6 is 11.8 Å². The Morgan fingerprint density at radius 3 is 2.46 bits per heavy atom. The van der Waals surface area contributed by atoms with Gasteiger partial charge < -0.3 is 15.0 Å². The lowest BCUT2D eigenvalue weighted by Crippen LogP contribution is -2.55. The molecule has 0 bridgehead atoms. The summed E-state index contributed by atoms with van der Waals surface area (Å²) >= 11 is 1.67. The van der Waals surface area contributed by atoms with Gasteiger partial charge in [-0.1, -0.05) is 18.2 Å². The largest absolute Gasteiger partial charge is 0.372 e. The Morgan fingerprint density at radius 1 is 1.25 bits per heavy atom. The molecular formula is C18H26N2O3S. The average Bonchev–Trinajstić information content (AvgIpc) is 2.57. The minimum absolute atomic E-state index is 0.0173. The molecule has 24 heavy (non-hydrogen) atoms. The standard InChI is InChI=1S/C18H26N2O3S/c1-13-11-20(12-14(2)23-13)18(22)16(9-10-24-3)19-17(21)15-7-5-4-6-8-15/h4-8,13-14,16H,9-12H2,1-3H3,(H,19,21)/t13-,14-,16-/m0/s1. The molecule has 5 nitrogen and oxygen atoms in total. The van der Waals surface area contributed by atoms with E-state index in [1.54, 1.807) is 23.9 Å². The smallest absolute Gasteiger partial charge is 0.251 e. The molecule has 1 N–H and O–H groups in total. The van der Waals surface area contributed by atoms with E-state index in [0.717, 1.165) is 5.75 Å². The molecule has 0 spiro atoms. The van der Waals surface area contributed by atoms with Crippen LogP contribution in [0.3, 0.4) is 0 Å². The highest BCUT2D eigenvalue weighted by Gasteiger charge is 2.31. The van der Waals surface area contributed by atoms with Crippen LogP contribution in [0.25, 0.3) is 0 Å². The Kier molecular flexibility index (Phi) is 7.12. The molecule has 0 saturated carbocycles. The van der Waals surface area contributed by atoms with E-state index < -0.39 is 6.04 Å². The zero-order valence-corrected chi connectivity index (χ0v) is 15.3. The third-order valence-electron chi connectivity index (χ3n) is 3.98. The fourth-order valence-corrected chi connectivity index (χ4v) is 3.37. The zero-order valence-electron chi connectivity index (χ0n) is 14.5. The molecule has 1 aliphatic heterocycles. The highest BCUT2D eigenvalue weighted by Crippen LogP contribution is 2.14. The van der Waals surface area contributed by atoms with Crippen molar-refractivity contribution >= 4 is 23.6 Å². The topological polar surface area (TPSA) is 58.6 Å². The van der Waals surface area contributed by atoms with Crippen LogP contribution in [0.15, 0.2) is 30.3 Å². The molecule has 132 valence electrons. The average molecular weight is 350 g/mol. The molecule has 1 aromatic carbocycles. The molecule has 0 radical (unpaired) electrons. The number of nitrogens with one attached hydrogen (secondary N) is 1. The van der Waals surface area contributed by atoms with Gasteiger partial charge in [0.25, 0.3) is 5.91 Å². The Hall–Kier alpha value is -1.53. The lowest BCUT2D eigenvalue weighted by atomic mass is 10.1. The van der Waals surface area contributed by atoms with Crippen molar-refractivity contribution in [1.29, 1.82) is 0 Å². The van der Waals surface area contributed by atoms with Gasteiger partial charge in [0.1, 0.15) is 6.04 Å². The Balaban J connectivity index is 2.06. The summed E-state index contributed by atoms with van der Waals surface area (Å²) in [4.78, 5) is 27.1. The van der Waals surface area contributed by atoms with Gasteiger partial charge in [-0.25, -0.2) is 0 Å². The van der Waals surface area contributed by atoms with E-state index in [0.29, 0.717) is 25.1 Å². The van der Waals surface area contributed by atoms with Crippen LogP contribution in [0.1, 0.15) is 30.6 Å². The number of nitrogens with zero attached hydrogens (tertiary/aromatic N) is 1. The number of hydrogen-bond acceptors (Lipinski definition) is 4. The third-order valence-corrected chi connectivity index (χ3v) is 4.63. The predicted octanol–water partition coefficient (Wildman–Crippen LogP) is 2.17. The van der Waals surface area contributed by atoms with Crippen LogP contribution in [0.5, 0.6) is 0 Å². The number of carbonyl (C=O) groups excluding carboxylic acids is 2. The van der Waals surface area contributed by atoms with Crippen molar-refractivity contribution in [2.75, 3.05) is 25.1 Å². The number of benzene rings is 1. The second-order valence-electron chi connectivity index (χ2n) is 6.17. The Labute approximate surface area is 148 Å². The zero-order chi connectivity index (χ0) is 17.5. The maximum atomic E-state index is 12.9. The first-order valence-corrected chi connectivity index (χ1v) is 9.69. The monoisotopic (exact) mass is 350 g/mol. The highest BCUT2D eigenvalue weighted by atomic mass is 32.2. The van der Waals surface area contributed by atoms with E-state index >= 15 is 0 Å². The van der Waals surface area contributed by atoms with E-state index in [1.165, 1.54) is 0 Å². The summed E-state index contributed by atoms with van der Waals surface area (Å²) in [6, 6.07) is 8.51. The van der Waals surface area contributed by atoms with E-state index in [-0.39, 0.29) is 24.0 Å². The number of morpholine rings is 1. The number of ether oxygens (including phenoxy) is 1. The summed E-state index contributed by atoms with van der Waals surface area (Å²) in [7, 11) is 0. The molecule has 0 aromatic heterocycles. The SMILES string of the molecule is CSCC[C@H](NC(=O)c1ccccc1)C(=O)N1C[C@H](C)O[C@@H](C)C1. The quantitative estimate of drug-likeness (QED) is 0.854. The van der Waals surface area contributed by atoms with E-state index in [2.05, 4.69) is 5.32 Å². The number of rotatable bonds is 6. The van der Waals surface area contributed by atoms with Crippen LogP contribution in [0, 0.1) is 0 Å². The maximum Gasteiger partial charge on any atom is 0.251 e. The fourth-order valence-electron chi connectivity index (χ4n) is 2.90. The Morgan fingerprint density at radius 2 is 1.88 bits per heavy atom. The fraction of sp³-hybridized carbons (Fsp3) is 0.556. The molecular weight excluding hydrogens is 324 g/mol. The molecule has 2 rings (SSSR count). The van der Waals surface area contributed by atoms with Gasteiger partial charge >= 0.3 is 0 Å². The second kappa shape index (κ2) is 9.08. The van der Waals surface area contributed by atoms with Crippen molar-refractivity contribution < 1.29 is 14.3 Å². The molecule has 3 atom stereocenters. The van der Waals surface area contributed by atoms with Crippen LogP contribution in [0.4, 0.5) is 0 Å². The van der Waals surface area contributed by atoms with Gasteiger partial charge in [-0.15, -0.1) is 0 Å². The minimum Gasteiger partial charge on any atom is -0.372 e. The lowest BCUT2D eigenvalue weighted by molar-refractivity contribution is -0.145. The van der Waals surface area contributed by atoms with Crippen molar-refractivity contribution in [2.24, 2.45) is 0 Å². The van der Waals surface area contributed by atoms with Gasteiger partial charge in [0.15, 0.2) is 0 Å². The first kappa shape index (κ1) is 18.8. The van der Waals surface area contributed by atoms with Crippen LogP contribution in [-0.2, 0) is 9.53 Å². The summed E-state index contributed by atoms with van der Waals surface area (Å²) in [6.07, 6.45) is 2.66. The lowest BCUT2D eigenvalue weighted by Gasteiger charge is -2.37. The molecule has 1 fully saturated rings. The number of hydrogen-bond donors (Lipinski definition) is 1. The van der Waals surface area contributed by atoms with Crippen LogP contribution in [0.2, 0.25) is 0 Å². The molecule has 2 amide bonds. The van der Waals surface area contributed by atoms with Crippen molar-refractivity contribution in [3.8, 4) is 0 Å². The number of thioether (sulfide) groups is 1. The van der Waals surface area contributed by atoms with Crippen LogP contribution in [-0.4, -0.2) is 60.1 Å².